The van der Waals surface area contributed by atoms with Gasteiger partial charge in [-0.05, 0) is 34.1 Å². The van der Waals surface area contributed by atoms with Crippen LogP contribution < -0.4 is 0 Å². The number of pyridine rings is 1. The summed E-state index contributed by atoms with van der Waals surface area (Å²) in [5.41, 5.74) is 0.621. The normalized spacial score (nSPS) is 11.9. The van der Waals surface area contributed by atoms with Gasteiger partial charge < -0.3 is 9.30 Å². The molecule has 0 amide bonds. The van der Waals surface area contributed by atoms with E-state index in [1.807, 2.05) is 10.8 Å². The highest BCUT2D eigenvalue weighted by atomic mass is 79.9. The molecular weight excluding hydrogens is 353 g/mol. The van der Waals surface area contributed by atoms with E-state index in [4.69, 9.17) is 4.74 Å². The lowest BCUT2D eigenvalue weighted by atomic mass is 10.3. The average Bonchev–Trinajstić information content (AvgIpc) is 2.76. The molecule has 2 aromatic rings. The van der Waals surface area contributed by atoms with E-state index in [9.17, 15) is 4.39 Å². The number of ether oxygens (including phenoxy) is 1. The Morgan fingerprint density at radius 3 is 2.71 bits per heavy atom. The van der Waals surface area contributed by atoms with Crippen LogP contribution in [0, 0.1) is 5.82 Å². The lowest BCUT2D eigenvalue weighted by molar-refractivity contribution is 0.0882. The van der Waals surface area contributed by atoms with Gasteiger partial charge in [0.25, 0.3) is 0 Å². The first kappa shape index (κ1) is 16.3. The molecule has 2 rings (SSSR count). The number of imidazole rings is 1. The molecule has 0 atom stereocenters. The van der Waals surface area contributed by atoms with Gasteiger partial charge in [-0.15, -0.1) is 0 Å². The minimum atomic E-state index is -1.09. The lowest BCUT2D eigenvalue weighted by Gasteiger charge is -2.16. The van der Waals surface area contributed by atoms with Crippen LogP contribution in [0.25, 0.3) is 11.5 Å². The van der Waals surface area contributed by atoms with Crippen LogP contribution in [0.2, 0.25) is 25.7 Å². The standard InChI is InChI=1S/C14H19BrFN3OSi/c1-21(2,3)7-6-20-10-19-9-13(15)18-14(19)12-5-4-11(16)8-17-12/h4-5,8-9H,6-7,10H2,1-3H3. The quantitative estimate of drug-likeness (QED) is 0.565. The van der Waals surface area contributed by atoms with E-state index in [1.165, 1.54) is 12.3 Å². The van der Waals surface area contributed by atoms with Gasteiger partial charge in [-0.3, -0.25) is 0 Å². The molecule has 21 heavy (non-hydrogen) atoms. The summed E-state index contributed by atoms with van der Waals surface area (Å²) in [7, 11) is -1.09. The van der Waals surface area contributed by atoms with E-state index < -0.39 is 8.07 Å². The van der Waals surface area contributed by atoms with Gasteiger partial charge in [0, 0.05) is 20.9 Å². The van der Waals surface area contributed by atoms with E-state index in [2.05, 4.69) is 45.5 Å². The molecule has 0 fully saturated rings. The molecule has 0 N–H and O–H groups in total. The Labute approximate surface area is 133 Å². The maximum absolute atomic E-state index is 12.9. The number of aromatic nitrogens is 3. The number of halogens is 2. The highest BCUT2D eigenvalue weighted by molar-refractivity contribution is 9.10. The Morgan fingerprint density at radius 1 is 1.33 bits per heavy atom. The zero-order valence-corrected chi connectivity index (χ0v) is 15.0. The minimum absolute atomic E-state index is 0.359. The van der Waals surface area contributed by atoms with Gasteiger partial charge in [0.2, 0.25) is 0 Å². The summed E-state index contributed by atoms with van der Waals surface area (Å²) in [4.78, 5) is 8.42. The molecule has 0 radical (unpaired) electrons. The second-order valence-electron chi connectivity index (χ2n) is 6.07. The van der Waals surface area contributed by atoms with Crippen molar-refractivity contribution in [3.63, 3.8) is 0 Å². The second kappa shape index (κ2) is 6.80. The number of rotatable bonds is 6. The molecule has 0 aromatic carbocycles. The van der Waals surface area contributed by atoms with Crippen LogP contribution in [0.4, 0.5) is 4.39 Å². The van der Waals surface area contributed by atoms with Crippen molar-refractivity contribution in [1.82, 2.24) is 14.5 Å². The number of hydrogen-bond acceptors (Lipinski definition) is 3. The topological polar surface area (TPSA) is 39.9 Å². The lowest BCUT2D eigenvalue weighted by Crippen LogP contribution is -2.22. The fourth-order valence-corrected chi connectivity index (χ4v) is 2.91. The van der Waals surface area contributed by atoms with Crippen molar-refractivity contribution < 1.29 is 9.13 Å². The molecule has 0 unspecified atom stereocenters. The molecule has 0 aliphatic carbocycles. The van der Waals surface area contributed by atoms with Gasteiger partial charge in [-0.25, -0.2) is 14.4 Å². The Kier molecular flexibility index (Phi) is 5.29. The molecule has 2 aromatic heterocycles. The predicted molar refractivity (Wildman–Crippen MR) is 87.2 cm³/mol. The molecule has 0 aliphatic rings. The molecule has 0 saturated heterocycles. The van der Waals surface area contributed by atoms with Crippen molar-refractivity contribution in [2.24, 2.45) is 0 Å². The Morgan fingerprint density at radius 2 is 2.10 bits per heavy atom. The zero-order chi connectivity index (χ0) is 15.5. The van der Waals surface area contributed by atoms with Crippen LogP contribution in [0.3, 0.4) is 0 Å². The van der Waals surface area contributed by atoms with Crippen molar-refractivity contribution in [3.8, 4) is 11.5 Å². The molecular formula is C14H19BrFN3OSi. The van der Waals surface area contributed by atoms with E-state index in [-0.39, 0.29) is 5.82 Å². The van der Waals surface area contributed by atoms with Crippen molar-refractivity contribution >= 4 is 24.0 Å². The fraction of sp³-hybridized carbons (Fsp3) is 0.429. The maximum Gasteiger partial charge on any atom is 0.161 e. The van der Waals surface area contributed by atoms with E-state index in [1.54, 1.807) is 6.07 Å². The van der Waals surface area contributed by atoms with Crippen molar-refractivity contribution in [1.29, 1.82) is 0 Å². The summed E-state index contributed by atoms with van der Waals surface area (Å²) in [6, 6.07) is 4.11. The third-order valence-corrected chi connectivity index (χ3v) is 5.02. The van der Waals surface area contributed by atoms with E-state index >= 15 is 0 Å². The minimum Gasteiger partial charge on any atom is -0.361 e. The third kappa shape index (κ3) is 5.01. The number of hydrogen-bond donors (Lipinski definition) is 0. The smallest absolute Gasteiger partial charge is 0.161 e. The van der Waals surface area contributed by atoms with Gasteiger partial charge in [-0.1, -0.05) is 19.6 Å². The summed E-state index contributed by atoms with van der Waals surface area (Å²) in [6.45, 7) is 8.10. The summed E-state index contributed by atoms with van der Waals surface area (Å²) in [5, 5.41) is 0. The summed E-state index contributed by atoms with van der Waals surface area (Å²) in [6.07, 6.45) is 3.03. The van der Waals surface area contributed by atoms with E-state index in [0.717, 1.165) is 12.7 Å². The van der Waals surface area contributed by atoms with Crippen LogP contribution >= 0.6 is 15.9 Å². The average molecular weight is 372 g/mol. The Bertz CT molecular complexity index is 595. The molecule has 7 heteroatoms. The highest BCUT2D eigenvalue weighted by Crippen LogP contribution is 2.20. The van der Waals surface area contributed by atoms with Gasteiger partial charge in [0.1, 0.15) is 22.8 Å². The zero-order valence-electron chi connectivity index (χ0n) is 12.4. The van der Waals surface area contributed by atoms with Crippen LogP contribution in [-0.2, 0) is 11.5 Å². The van der Waals surface area contributed by atoms with Gasteiger partial charge in [-0.2, -0.15) is 0 Å². The second-order valence-corrected chi connectivity index (χ2v) is 12.5. The van der Waals surface area contributed by atoms with Gasteiger partial charge in [0.15, 0.2) is 5.82 Å². The fourth-order valence-electron chi connectivity index (χ4n) is 1.74. The molecule has 2 heterocycles. The molecule has 0 saturated carbocycles. The van der Waals surface area contributed by atoms with Crippen LogP contribution in [0.5, 0.6) is 0 Å². The van der Waals surface area contributed by atoms with Gasteiger partial charge >= 0.3 is 0 Å². The summed E-state index contributed by atoms with van der Waals surface area (Å²) < 4.78 is 21.3. The molecule has 114 valence electrons. The Hall–Kier alpha value is -1.05. The molecule has 0 spiro atoms. The van der Waals surface area contributed by atoms with Crippen LogP contribution in [0.1, 0.15) is 0 Å². The first-order valence-electron chi connectivity index (χ1n) is 6.77. The summed E-state index contributed by atoms with van der Waals surface area (Å²) >= 11 is 3.35. The number of nitrogens with zero attached hydrogens (tertiary/aromatic N) is 3. The first-order chi connectivity index (χ1) is 9.85. The molecule has 0 aliphatic heterocycles. The molecule has 0 bridgehead atoms. The Balaban J connectivity index is 2.05. The van der Waals surface area contributed by atoms with Crippen LogP contribution in [-0.4, -0.2) is 29.2 Å². The SMILES string of the molecule is C[Si](C)(C)CCOCn1cc(Br)nc1-c1ccc(F)cn1. The van der Waals surface area contributed by atoms with Crippen molar-refractivity contribution in [3.05, 3.63) is 34.9 Å². The van der Waals surface area contributed by atoms with Crippen LogP contribution in [0.15, 0.2) is 29.1 Å². The van der Waals surface area contributed by atoms with E-state index in [0.29, 0.717) is 22.9 Å². The highest BCUT2D eigenvalue weighted by Gasteiger charge is 2.13. The third-order valence-electron chi connectivity index (χ3n) is 2.93. The van der Waals surface area contributed by atoms with Crippen molar-refractivity contribution in [2.75, 3.05) is 6.61 Å². The van der Waals surface area contributed by atoms with Crippen molar-refractivity contribution in [2.45, 2.75) is 32.4 Å². The summed E-state index contributed by atoms with van der Waals surface area (Å²) in [5.74, 6) is 0.303. The monoisotopic (exact) mass is 371 g/mol. The largest absolute Gasteiger partial charge is 0.361 e. The maximum atomic E-state index is 12.9. The molecule has 4 nitrogen and oxygen atoms in total. The predicted octanol–water partition coefficient (Wildman–Crippen LogP) is 4.16. The first-order valence-corrected chi connectivity index (χ1v) is 11.3. The van der Waals surface area contributed by atoms with Gasteiger partial charge in [0.05, 0.1) is 6.20 Å².